The Labute approximate surface area is 145 Å². The summed E-state index contributed by atoms with van der Waals surface area (Å²) in [5.41, 5.74) is 2.60. The Bertz CT molecular complexity index is 556. The van der Waals surface area contributed by atoms with Crippen LogP contribution in [0.3, 0.4) is 0 Å². The predicted molar refractivity (Wildman–Crippen MR) is 95.5 cm³/mol. The van der Waals surface area contributed by atoms with Crippen LogP contribution in [0.25, 0.3) is 0 Å². The van der Waals surface area contributed by atoms with E-state index in [1.807, 2.05) is 0 Å². The van der Waals surface area contributed by atoms with Crippen molar-refractivity contribution in [1.29, 1.82) is 0 Å². The van der Waals surface area contributed by atoms with Gasteiger partial charge in [0.25, 0.3) is 0 Å². The van der Waals surface area contributed by atoms with Gasteiger partial charge in [0, 0.05) is 25.2 Å². The minimum atomic E-state index is 0.712. The molecule has 5 nitrogen and oxygen atoms in total. The number of piperidine rings is 1. The molecule has 0 spiro atoms. The molecular weight excluding hydrogens is 304 g/mol. The lowest BCUT2D eigenvalue weighted by atomic mass is 9.99. The van der Waals surface area contributed by atoms with Crippen molar-refractivity contribution in [3.05, 3.63) is 17.2 Å². The number of nitrogens with zero attached hydrogens (tertiary/aromatic N) is 1. The van der Waals surface area contributed by atoms with Gasteiger partial charge in [-0.1, -0.05) is 0 Å². The van der Waals surface area contributed by atoms with E-state index in [0.29, 0.717) is 5.75 Å². The van der Waals surface area contributed by atoms with Crippen LogP contribution in [0.4, 0.5) is 0 Å². The van der Waals surface area contributed by atoms with Crippen molar-refractivity contribution in [3.8, 4) is 17.2 Å². The SMILES string of the molecule is COc1cc2c(c(OC)c1OC)CCN(CC1CCCNC1)CC2. The number of rotatable bonds is 5. The topological polar surface area (TPSA) is 43.0 Å². The maximum Gasteiger partial charge on any atom is 0.203 e. The van der Waals surface area contributed by atoms with E-state index in [4.69, 9.17) is 14.2 Å². The minimum Gasteiger partial charge on any atom is -0.493 e. The lowest BCUT2D eigenvalue weighted by Gasteiger charge is -2.29. The first-order chi connectivity index (χ1) is 11.8. The molecular formula is C19H30N2O3. The summed E-state index contributed by atoms with van der Waals surface area (Å²) < 4.78 is 16.7. The standard InChI is InChI=1S/C19H30N2O3/c1-22-17-11-15-6-9-21(13-14-5-4-8-20-12-14)10-7-16(15)18(23-2)19(17)24-3/h11,14,20H,4-10,12-13H2,1-3H3. The Morgan fingerprint density at radius 1 is 1.08 bits per heavy atom. The molecule has 1 saturated heterocycles. The van der Waals surface area contributed by atoms with Gasteiger partial charge in [0.15, 0.2) is 11.5 Å². The molecule has 134 valence electrons. The largest absolute Gasteiger partial charge is 0.493 e. The summed E-state index contributed by atoms with van der Waals surface area (Å²) in [6.45, 7) is 5.71. The molecule has 0 amide bonds. The van der Waals surface area contributed by atoms with E-state index in [9.17, 15) is 0 Å². The third-order valence-electron chi connectivity index (χ3n) is 5.32. The van der Waals surface area contributed by atoms with Crippen LogP contribution < -0.4 is 19.5 Å². The molecule has 1 N–H and O–H groups in total. The summed E-state index contributed by atoms with van der Waals surface area (Å²) in [6, 6.07) is 2.13. The predicted octanol–water partition coefficient (Wildman–Crippen LogP) is 2.11. The lowest BCUT2D eigenvalue weighted by Crippen LogP contribution is -2.39. The van der Waals surface area contributed by atoms with Crippen LogP contribution in [0.2, 0.25) is 0 Å². The van der Waals surface area contributed by atoms with E-state index in [2.05, 4.69) is 16.3 Å². The highest BCUT2D eigenvalue weighted by Crippen LogP contribution is 2.43. The van der Waals surface area contributed by atoms with Crippen LogP contribution in [0.5, 0.6) is 17.2 Å². The first-order valence-corrected chi connectivity index (χ1v) is 9.00. The second-order valence-electron chi connectivity index (χ2n) is 6.80. The third kappa shape index (κ3) is 3.62. The van der Waals surface area contributed by atoms with Crippen molar-refractivity contribution in [2.45, 2.75) is 25.7 Å². The fourth-order valence-electron chi connectivity index (χ4n) is 4.05. The summed E-state index contributed by atoms with van der Waals surface area (Å²) in [6.07, 6.45) is 4.69. The molecule has 0 aliphatic carbocycles. The van der Waals surface area contributed by atoms with Crippen molar-refractivity contribution in [2.24, 2.45) is 5.92 Å². The first kappa shape index (κ1) is 17.4. The van der Waals surface area contributed by atoms with Crippen molar-refractivity contribution < 1.29 is 14.2 Å². The molecule has 0 aromatic heterocycles. The number of benzene rings is 1. The van der Waals surface area contributed by atoms with Crippen molar-refractivity contribution >= 4 is 0 Å². The lowest BCUT2D eigenvalue weighted by molar-refractivity contribution is 0.215. The number of hydrogen-bond donors (Lipinski definition) is 1. The average molecular weight is 334 g/mol. The van der Waals surface area contributed by atoms with Crippen LogP contribution in [-0.4, -0.2) is 59.0 Å². The average Bonchev–Trinajstić information content (AvgIpc) is 2.83. The van der Waals surface area contributed by atoms with E-state index >= 15 is 0 Å². The van der Waals surface area contributed by atoms with Crippen LogP contribution in [0, 0.1) is 5.92 Å². The maximum absolute atomic E-state index is 5.68. The Balaban J connectivity index is 1.77. The fourth-order valence-corrected chi connectivity index (χ4v) is 4.05. The Kier molecular flexibility index (Phi) is 5.85. The molecule has 0 saturated carbocycles. The molecule has 1 aromatic rings. The number of methoxy groups -OCH3 is 3. The van der Waals surface area contributed by atoms with Gasteiger partial charge in [-0.3, -0.25) is 0 Å². The van der Waals surface area contributed by atoms with E-state index in [0.717, 1.165) is 49.9 Å². The van der Waals surface area contributed by atoms with Crippen LogP contribution >= 0.6 is 0 Å². The first-order valence-electron chi connectivity index (χ1n) is 9.00. The van der Waals surface area contributed by atoms with Crippen molar-refractivity contribution in [2.75, 3.05) is 54.1 Å². The molecule has 1 fully saturated rings. The highest BCUT2D eigenvalue weighted by Gasteiger charge is 2.25. The number of hydrogen-bond acceptors (Lipinski definition) is 5. The van der Waals surface area contributed by atoms with Gasteiger partial charge in [0.05, 0.1) is 21.3 Å². The molecule has 1 aromatic carbocycles. The van der Waals surface area contributed by atoms with Gasteiger partial charge >= 0.3 is 0 Å². The highest BCUT2D eigenvalue weighted by atomic mass is 16.5. The Morgan fingerprint density at radius 2 is 1.88 bits per heavy atom. The molecule has 0 bridgehead atoms. The molecule has 1 atom stereocenters. The van der Waals surface area contributed by atoms with E-state index in [1.165, 1.54) is 37.1 Å². The second kappa shape index (κ2) is 8.08. The summed E-state index contributed by atoms with van der Waals surface area (Å²) in [5, 5.41) is 3.53. The summed E-state index contributed by atoms with van der Waals surface area (Å²) in [4.78, 5) is 2.61. The molecule has 2 aliphatic rings. The monoisotopic (exact) mass is 334 g/mol. The smallest absolute Gasteiger partial charge is 0.203 e. The Hall–Kier alpha value is -1.46. The number of nitrogens with one attached hydrogen (secondary N) is 1. The zero-order chi connectivity index (χ0) is 16.9. The fraction of sp³-hybridized carbons (Fsp3) is 0.684. The summed E-state index contributed by atoms with van der Waals surface area (Å²) in [7, 11) is 5.07. The van der Waals surface area contributed by atoms with Crippen molar-refractivity contribution in [1.82, 2.24) is 10.2 Å². The minimum absolute atomic E-state index is 0.712. The maximum atomic E-state index is 5.68. The molecule has 3 rings (SSSR count). The van der Waals surface area contributed by atoms with Gasteiger partial charge in [-0.2, -0.15) is 0 Å². The van der Waals surface area contributed by atoms with Gasteiger partial charge < -0.3 is 24.4 Å². The third-order valence-corrected chi connectivity index (χ3v) is 5.32. The molecule has 5 heteroatoms. The number of ether oxygens (including phenoxy) is 3. The quantitative estimate of drug-likeness (QED) is 0.893. The van der Waals surface area contributed by atoms with E-state index in [-0.39, 0.29) is 0 Å². The molecule has 24 heavy (non-hydrogen) atoms. The van der Waals surface area contributed by atoms with Crippen molar-refractivity contribution in [3.63, 3.8) is 0 Å². The normalized spacial score (nSPS) is 21.7. The molecule has 2 aliphatic heterocycles. The van der Waals surface area contributed by atoms with Gasteiger partial charge in [-0.15, -0.1) is 0 Å². The van der Waals surface area contributed by atoms with E-state index < -0.39 is 0 Å². The van der Waals surface area contributed by atoms with Crippen LogP contribution in [0.1, 0.15) is 24.0 Å². The molecule has 0 radical (unpaired) electrons. The second-order valence-corrected chi connectivity index (χ2v) is 6.80. The van der Waals surface area contributed by atoms with Gasteiger partial charge in [0.1, 0.15) is 0 Å². The zero-order valence-electron chi connectivity index (χ0n) is 15.2. The summed E-state index contributed by atoms with van der Waals surface area (Å²) >= 11 is 0. The van der Waals surface area contributed by atoms with E-state index in [1.54, 1.807) is 21.3 Å². The van der Waals surface area contributed by atoms with Gasteiger partial charge in [-0.05, 0) is 56.3 Å². The number of fused-ring (bicyclic) bond motifs is 1. The molecule has 2 heterocycles. The van der Waals surface area contributed by atoms with Gasteiger partial charge in [-0.25, -0.2) is 0 Å². The van der Waals surface area contributed by atoms with Gasteiger partial charge in [0.2, 0.25) is 5.75 Å². The Morgan fingerprint density at radius 3 is 2.54 bits per heavy atom. The highest BCUT2D eigenvalue weighted by molar-refractivity contribution is 5.59. The molecule has 1 unspecified atom stereocenters. The van der Waals surface area contributed by atoms with Crippen LogP contribution in [-0.2, 0) is 12.8 Å². The summed E-state index contributed by atoms with van der Waals surface area (Å²) in [5.74, 6) is 3.10. The van der Waals surface area contributed by atoms with Crippen LogP contribution in [0.15, 0.2) is 6.07 Å². The zero-order valence-corrected chi connectivity index (χ0v) is 15.2.